The highest BCUT2D eigenvalue weighted by Crippen LogP contribution is 2.24. The first-order valence-corrected chi connectivity index (χ1v) is 9.86. The molecule has 2 atom stereocenters. The van der Waals surface area contributed by atoms with Crippen molar-refractivity contribution in [2.45, 2.75) is 25.2 Å². The van der Waals surface area contributed by atoms with Crippen molar-refractivity contribution in [2.24, 2.45) is 0 Å². The average molecular weight is 386 g/mol. The number of aliphatic hydroxyl groups is 1. The lowest BCUT2D eigenvalue weighted by Crippen LogP contribution is -2.48. The predicted octanol–water partition coefficient (Wildman–Crippen LogP) is 3.19. The predicted molar refractivity (Wildman–Crippen MR) is 112 cm³/mol. The summed E-state index contributed by atoms with van der Waals surface area (Å²) < 4.78 is 6.11. The summed E-state index contributed by atoms with van der Waals surface area (Å²) in [6.07, 6.45) is 5.23. The van der Waals surface area contributed by atoms with Crippen LogP contribution in [0.4, 0.5) is 0 Å². The van der Waals surface area contributed by atoms with Gasteiger partial charge in [-0.15, -0.1) is 0 Å². The van der Waals surface area contributed by atoms with Crippen LogP contribution < -0.4 is 4.74 Å². The minimum absolute atomic E-state index is 0.206. The Balaban J connectivity index is 1.23. The molecule has 0 bridgehead atoms. The normalized spacial score (nSPS) is 20.2. The third kappa shape index (κ3) is 3.90. The molecule has 2 aromatic heterocycles. The number of ether oxygens (including phenoxy) is 1. The molecule has 1 aliphatic rings. The molecule has 0 amide bonds. The van der Waals surface area contributed by atoms with Crippen LogP contribution in [0, 0.1) is 0 Å². The summed E-state index contributed by atoms with van der Waals surface area (Å²) in [7, 11) is 0. The van der Waals surface area contributed by atoms with Gasteiger partial charge in [-0.25, -0.2) is 0 Å². The molecule has 6 nitrogen and oxygen atoms in total. The quantitative estimate of drug-likeness (QED) is 0.581. The molecule has 2 aromatic carbocycles. The molecule has 29 heavy (non-hydrogen) atoms. The molecule has 1 N–H and O–H groups in total. The maximum absolute atomic E-state index is 10.7. The van der Waals surface area contributed by atoms with E-state index in [4.69, 9.17) is 4.74 Å². The number of hydrogen-bond donors (Lipinski definition) is 1. The molecule has 5 rings (SSSR count). The van der Waals surface area contributed by atoms with Gasteiger partial charge in [0.25, 0.3) is 0 Å². The van der Waals surface area contributed by atoms with Gasteiger partial charge in [0.1, 0.15) is 18.0 Å². The van der Waals surface area contributed by atoms with Gasteiger partial charge in [-0.05, 0) is 48.4 Å². The monoisotopic (exact) mass is 386 g/mol. The number of piperidine rings is 1. The number of hydrogen-bond acceptors (Lipinski definition) is 6. The smallest absolute Gasteiger partial charge is 0.127 e. The van der Waals surface area contributed by atoms with E-state index in [2.05, 4.69) is 32.0 Å². The van der Waals surface area contributed by atoms with Crippen molar-refractivity contribution in [3.05, 3.63) is 72.7 Å². The summed E-state index contributed by atoms with van der Waals surface area (Å²) in [5.74, 6) is 0.774. The molecule has 1 saturated heterocycles. The summed E-state index contributed by atoms with van der Waals surface area (Å²) in [5.41, 5.74) is 3.91. The lowest BCUT2D eigenvalue weighted by atomic mass is 10.0. The minimum atomic E-state index is -0.534. The second-order valence-corrected chi connectivity index (χ2v) is 7.48. The summed E-state index contributed by atoms with van der Waals surface area (Å²) in [6.45, 7) is 2.23. The fraction of sp³-hybridized carbons (Fsp3) is 0.261. The zero-order chi connectivity index (χ0) is 19.6. The molecular formula is C23H22N4O2. The Labute approximate surface area is 168 Å². The van der Waals surface area contributed by atoms with E-state index in [1.807, 2.05) is 36.4 Å². The van der Waals surface area contributed by atoms with Gasteiger partial charge in [0.15, 0.2) is 0 Å². The molecule has 0 saturated carbocycles. The van der Waals surface area contributed by atoms with E-state index in [1.165, 1.54) is 5.56 Å². The van der Waals surface area contributed by atoms with Crippen LogP contribution in [-0.2, 0) is 6.54 Å². The topological polar surface area (TPSA) is 71.4 Å². The highest BCUT2D eigenvalue weighted by atomic mass is 16.5. The number of likely N-dealkylation sites (tertiary alicyclic amines) is 1. The van der Waals surface area contributed by atoms with E-state index >= 15 is 0 Å². The zero-order valence-corrected chi connectivity index (χ0v) is 16.0. The van der Waals surface area contributed by atoms with Gasteiger partial charge < -0.3 is 9.84 Å². The fourth-order valence-electron chi connectivity index (χ4n) is 3.92. The summed E-state index contributed by atoms with van der Waals surface area (Å²) in [4.78, 5) is 15.3. The number of fused-ring (bicyclic) bond motifs is 2. The first-order chi connectivity index (χ1) is 14.2. The second kappa shape index (κ2) is 7.73. The number of benzene rings is 2. The number of β-amino-alcohol motifs (C(OH)–C–C–N with tert-alkyl or cyclic N) is 1. The lowest BCUT2D eigenvalue weighted by molar-refractivity contribution is -0.0274. The van der Waals surface area contributed by atoms with Crippen LogP contribution in [0.25, 0.3) is 21.9 Å². The van der Waals surface area contributed by atoms with Gasteiger partial charge in [0, 0.05) is 43.6 Å². The Morgan fingerprint density at radius 2 is 1.76 bits per heavy atom. The van der Waals surface area contributed by atoms with Crippen LogP contribution >= 0.6 is 0 Å². The molecule has 6 heteroatoms. The Hall–Kier alpha value is -3.09. The molecule has 0 aliphatic carbocycles. The number of rotatable bonds is 4. The molecule has 1 fully saturated rings. The summed E-state index contributed by atoms with van der Waals surface area (Å²) in [6, 6.07) is 15.9. The number of nitrogens with zero attached hydrogens (tertiary/aromatic N) is 4. The highest BCUT2D eigenvalue weighted by Gasteiger charge is 2.29. The van der Waals surface area contributed by atoms with Crippen molar-refractivity contribution in [3.63, 3.8) is 0 Å². The van der Waals surface area contributed by atoms with E-state index < -0.39 is 6.10 Å². The molecule has 4 aromatic rings. The van der Waals surface area contributed by atoms with Gasteiger partial charge in [0.05, 0.1) is 16.6 Å². The van der Waals surface area contributed by atoms with Crippen molar-refractivity contribution >= 4 is 21.9 Å². The van der Waals surface area contributed by atoms with Crippen molar-refractivity contribution in [3.8, 4) is 5.75 Å². The van der Waals surface area contributed by atoms with Crippen LogP contribution in [0.5, 0.6) is 5.75 Å². The van der Waals surface area contributed by atoms with E-state index in [0.29, 0.717) is 6.54 Å². The van der Waals surface area contributed by atoms with E-state index in [1.54, 1.807) is 18.6 Å². The highest BCUT2D eigenvalue weighted by molar-refractivity contribution is 5.79. The Bertz CT molecular complexity index is 1150. The molecule has 0 spiro atoms. The average Bonchev–Trinajstić information content (AvgIpc) is 2.75. The van der Waals surface area contributed by atoms with Crippen LogP contribution in [0.15, 0.2) is 67.1 Å². The van der Waals surface area contributed by atoms with Gasteiger partial charge in [-0.2, -0.15) is 0 Å². The zero-order valence-electron chi connectivity index (χ0n) is 16.0. The van der Waals surface area contributed by atoms with E-state index in [0.717, 1.165) is 47.2 Å². The number of aliphatic hydroxyl groups excluding tert-OH is 1. The molecule has 146 valence electrons. The van der Waals surface area contributed by atoms with E-state index in [-0.39, 0.29) is 6.10 Å². The number of aromatic nitrogens is 3. The standard InChI is InChI=1S/C23H22N4O2/c28-22-15-27(14-16-3-5-20-21(12-16)26-10-9-25-20)11-7-23(22)29-18-4-6-19-17(13-18)2-1-8-24-19/h1-6,8-10,12-13,22-23,28H,7,11,14-15H2/t22-,23-/m1/s1. The summed E-state index contributed by atoms with van der Waals surface area (Å²) >= 11 is 0. The van der Waals surface area contributed by atoms with E-state index in [9.17, 15) is 5.11 Å². The third-order valence-corrected chi connectivity index (χ3v) is 5.41. The van der Waals surface area contributed by atoms with Crippen molar-refractivity contribution in [1.29, 1.82) is 0 Å². The van der Waals surface area contributed by atoms with Crippen LogP contribution in [0.1, 0.15) is 12.0 Å². The van der Waals surface area contributed by atoms with Gasteiger partial charge in [0.2, 0.25) is 0 Å². The lowest BCUT2D eigenvalue weighted by Gasteiger charge is -2.36. The minimum Gasteiger partial charge on any atom is -0.488 e. The molecule has 0 radical (unpaired) electrons. The molecule has 1 aliphatic heterocycles. The fourth-order valence-corrected chi connectivity index (χ4v) is 3.92. The Morgan fingerprint density at radius 3 is 2.66 bits per heavy atom. The Kier molecular flexibility index (Phi) is 4.79. The van der Waals surface area contributed by atoms with Crippen molar-refractivity contribution < 1.29 is 9.84 Å². The SMILES string of the molecule is O[C@@H]1CN(Cc2ccc3nccnc3c2)CC[C@H]1Oc1ccc2ncccc2c1. The van der Waals surface area contributed by atoms with Gasteiger partial charge in [-0.1, -0.05) is 12.1 Å². The Morgan fingerprint density at radius 1 is 0.931 bits per heavy atom. The first kappa shape index (κ1) is 18.0. The first-order valence-electron chi connectivity index (χ1n) is 9.86. The molecular weight excluding hydrogens is 364 g/mol. The number of pyridine rings is 1. The van der Waals surface area contributed by atoms with Gasteiger partial charge >= 0.3 is 0 Å². The van der Waals surface area contributed by atoms with Crippen molar-refractivity contribution in [2.75, 3.05) is 13.1 Å². The van der Waals surface area contributed by atoms with Crippen LogP contribution in [-0.4, -0.2) is 50.3 Å². The molecule has 0 unspecified atom stereocenters. The maximum Gasteiger partial charge on any atom is 0.127 e. The second-order valence-electron chi connectivity index (χ2n) is 7.48. The van der Waals surface area contributed by atoms with Gasteiger partial charge in [-0.3, -0.25) is 19.9 Å². The third-order valence-electron chi connectivity index (χ3n) is 5.41. The maximum atomic E-state index is 10.7. The van der Waals surface area contributed by atoms with Crippen LogP contribution in [0.2, 0.25) is 0 Å². The summed E-state index contributed by atoms with van der Waals surface area (Å²) in [5, 5.41) is 11.7. The largest absolute Gasteiger partial charge is 0.488 e. The van der Waals surface area contributed by atoms with Crippen LogP contribution in [0.3, 0.4) is 0 Å². The molecule has 3 heterocycles. The van der Waals surface area contributed by atoms with Crippen molar-refractivity contribution in [1.82, 2.24) is 19.9 Å².